The molecule has 0 amide bonds. The average Bonchev–Trinajstić information content (AvgIpc) is 2.82. The lowest BCUT2D eigenvalue weighted by Crippen LogP contribution is -1.90. The van der Waals surface area contributed by atoms with Crippen molar-refractivity contribution in [2.45, 2.75) is 6.92 Å². The fourth-order valence-electron chi connectivity index (χ4n) is 1.88. The van der Waals surface area contributed by atoms with E-state index < -0.39 is 0 Å². The molecule has 0 N–H and O–H groups in total. The Morgan fingerprint density at radius 3 is 2.61 bits per heavy atom. The number of aldehydes is 1. The Balaban J connectivity index is 2.18. The largest absolute Gasteiger partial charge is 0.298 e. The number of aromatic nitrogens is 3. The van der Waals surface area contributed by atoms with Gasteiger partial charge in [0, 0.05) is 17.3 Å². The van der Waals surface area contributed by atoms with Gasteiger partial charge in [0.1, 0.15) is 6.29 Å². The van der Waals surface area contributed by atoms with E-state index in [4.69, 9.17) is 0 Å². The maximum Gasteiger partial charge on any atom is 0.168 e. The summed E-state index contributed by atoms with van der Waals surface area (Å²) in [7, 11) is 0. The van der Waals surface area contributed by atoms with E-state index in [1.165, 1.54) is 5.56 Å². The van der Waals surface area contributed by atoms with Crippen LogP contribution >= 0.6 is 0 Å². The smallest absolute Gasteiger partial charge is 0.168 e. The molecule has 0 unspecified atom stereocenters. The molecule has 0 aliphatic heterocycles. The molecule has 2 heterocycles. The summed E-state index contributed by atoms with van der Waals surface area (Å²) < 4.78 is 1.87. The summed E-state index contributed by atoms with van der Waals surface area (Å²) in [5.41, 5.74) is 3.49. The van der Waals surface area contributed by atoms with E-state index in [1.807, 2.05) is 41.8 Å². The molecule has 3 rings (SSSR count). The maximum atomic E-state index is 10.7. The number of aryl methyl sites for hydroxylation is 1. The molecule has 0 saturated heterocycles. The first-order chi connectivity index (χ1) is 8.78. The summed E-state index contributed by atoms with van der Waals surface area (Å²) in [6, 6.07) is 11.6. The molecule has 0 aliphatic rings. The number of carbonyl (C=O) groups excluding carboxylic acids is 1. The third kappa shape index (κ3) is 1.68. The minimum atomic E-state index is 0.602. The predicted molar refractivity (Wildman–Crippen MR) is 68.5 cm³/mol. The van der Waals surface area contributed by atoms with E-state index in [0.29, 0.717) is 11.2 Å². The summed E-state index contributed by atoms with van der Waals surface area (Å²) >= 11 is 0. The van der Waals surface area contributed by atoms with Crippen molar-refractivity contribution in [1.29, 1.82) is 0 Å². The third-order valence-corrected chi connectivity index (χ3v) is 2.88. The van der Waals surface area contributed by atoms with Crippen LogP contribution in [0.2, 0.25) is 0 Å². The van der Waals surface area contributed by atoms with Crippen LogP contribution < -0.4 is 0 Å². The number of fused-ring (bicyclic) bond motifs is 1. The van der Waals surface area contributed by atoms with E-state index in [1.54, 1.807) is 12.1 Å². The molecule has 88 valence electrons. The normalized spacial score (nSPS) is 10.7. The topological polar surface area (TPSA) is 47.3 Å². The Labute approximate surface area is 104 Å². The van der Waals surface area contributed by atoms with Crippen molar-refractivity contribution in [3.8, 4) is 11.4 Å². The number of rotatable bonds is 2. The second-order valence-electron chi connectivity index (χ2n) is 4.20. The van der Waals surface area contributed by atoms with Gasteiger partial charge in [-0.2, -0.15) is 0 Å². The molecule has 0 bridgehead atoms. The molecule has 4 nitrogen and oxygen atoms in total. The Morgan fingerprint density at radius 1 is 1.11 bits per heavy atom. The molecule has 1 aromatic carbocycles. The van der Waals surface area contributed by atoms with Gasteiger partial charge in [-0.1, -0.05) is 29.8 Å². The lowest BCUT2D eigenvalue weighted by molar-refractivity contribution is 0.112. The molecule has 0 spiro atoms. The monoisotopic (exact) mass is 237 g/mol. The van der Waals surface area contributed by atoms with E-state index in [2.05, 4.69) is 10.2 Å². The highest BCUT2D eigenvalue weighted by molar-refractivity contribution is 5.77. The minimum Gasteiger partial charge on any atom is -0.298 e. The van der Waals surface area contributed by atoms with Gasteiger partial charge in [-0.3, -0.25) is 9.20 Å². The first kappa shape index (κ1) is 10.7. The zero-order valence-corrected chi connectivity index (χ0v) is 9.87. The summed E-state index contributed by atoms with van der Waals surface area (Å²) in [5, 5.41) is 8.25. The summed E-state index contributed by atoms with van der Waals surface area (Å²) in [6.07, 6.45) is 2.62. The van der Waals surface area contributed by atoms with Crippen LogP contribution in [0.5, 0.6) is 0 Å². The van der Waals surface area contributed by atoms with Crippen LogP contribution in [0.15, 0.2) is 42.6 Å². The second-order valence-corrected chi connectivity index (χ2v) is 4.20. The second kappa shape index (κ2) is 4.07. The minimum absolute atomic E-state index is 0.602. The molecular weight excluding hydrogens is 226 g/mol. The number of carbonyl (C=O) groups is 1. The number of hydrogen-bond donors (Lipinski definition) is 0. The lowest BCUT2D eigenvalue weighted by Gasteiger charge is -2.00. The standard InChI is InChI=1S/C14H11N3O/c1-10-2-4-12(5-3-10)14-16-15-13-8-11(9-18)6-7-17(13)14/h2-9H,1H3. The van der Waals surface area contributed by atoms with Gasteiger partial charge >= 0.3 is 0 Å². The van der Waals surface area contributed by atoms with E-state index in [-0.39, 0.29) is 0 Å². The molecule has 4 heteroatoms. The lowest BCUT2D eigenvalue weighted by atomic mass is 10.1. The van der Waals surface area contributed by atoms with Gasteiger partial charge < -0.3 is 0 Å². The van der Waals surface area contributed by atoms with Crippen molar-refractivity contribution in [1.82, 2.24) is 14.6 Å². The molecule has 0 fully saturated rings. The Morgan fingerprint density at radius 2 is 1.89 bits per heavy atom. The highest BCUT2D eigenvalue weighted by atomic mass is 16.1. The van der Waals surface area contributed by atoms with Crippen LogP contribution in [0.25, 0.3) is 17.0 Å². The summed E-state index contributed by atoms with van der Waals surface area (Å²) in [4.78, 5) is 10.7. The maximum absolute atomic E-state index is 10.7. The average molecular weight is 237 g/mol. The molecule has 0 saturated carbocycles. The quantitative estimate of drug-likeness (QED) is 0.643. The van der Waals surface area contributed by atoms with Gasteiger partial charge in [0.05, 0.1) is 0 Å². The fourth-order valence-corrected chi connectivity index (χ4v) is 1.88. The van der Waals surface area contributed by atoms with Gasteiger partial charge in [0.15, 0.2) is 11.5 Å². The van der Waals surface area contributed by atoms with Gasteiger partial charge in [-0.05, 0) is 19.1 Å². The van der Waals surface area contributed by atoms with Crippen LogP contribution in [0.1, 0.15) is 15.9 Å². The van der Waals surface area contributed by atoms with Crippen molar-refractivity contribution in [3.63, 3.8) is 0 Å². The SMILES string of the molecule is Cc1ccc(-c2nnc3cc(C=O)ccn23)cc1. The van der Waals surface area contributed by atoms with Crippen molar-refractivity contribution in [3.05, 3.63) is 53.7 Å². The number of pyridine rings is 1. The van der Waals surface area contributed by atoms with Gasteiger partial charge in [-0.25, -0.2) is 0 Å². The fraction of sp³-hybridized carbons (Fsp3) is 0.0714. The zero-order chi connectivity index (χ0) is 12.5. The van der Waals surface area contributed by atoms with Crippen LogP contribution in [0, 0.1) is 6.92 Å². The number of benzene rings is 1. The van der Waals surface area contributed by atoms with Gasteiger partial charge in [0.25, 0.3) is 0 Å². The number of nitrogens with zero attached hydrogens (tertiary/aromatic N) is 3. The predicted octanol–water partition coefficient (Wildman–Crippen LogP) is 2.52. The highest BCUT2D eigenvalue weighted by Crippen LogP contribution is 2.19. The molecular formula is C14H11N3O. The first-order valence-corrected chi connectivity index (χ1v) is 5.65. The van der Waals surface area contributed by atoms with Crippen molar-refractivity contribution in [2.24, 2.45) is 0 Å². The van der Waals surface area contributed by atoms with Crippen LogP contribution in [-0.2, 0) is 0 Å². The van der Waals surface area contributed by atoms with Crippen molar-refractivity contribution < 1.29 is 4.79 Å². The molecule has 18 heavy (non-hydrogen) atoms. The Bertz CT molecular complexity index is 713. The Kier molecular flexibility index (Phi) is 2.41. The van der Waals surface area contributed by atoms with Crippen molar-refractivity contribution in [2.75, 3.05) is 0 Å². The zero-order valence-electron chi connectivity index (χ0n) is 9.87. The van der Waals surface area contributed by atoms with Crippen LogP contribution in [0.4, 0.5) is 0 Å². The van der Waals surface area contributed by atoms with Gasteiger partial charge in [-0.15, -0.1) is 10.2 Å². The molecule has 0 aliphatic carbocycles. The molecule has 0 radical (unpaired) electrons. The molecule has 3 aromatic rings. The number of hydrogen-bond acceptors (Lipinski definition) is 3. The van der Waals surface area contributed by atoms with Crippen LogP contribution in [-0.4, -0.2) is 20.9 Å². The third-order valence-electron chi connectivity index (χ3n) is 2.88. The molecule has 0 atom stereocenters. The highest BCUT2D eigenvalue weighted by Gasteiger charge is 2.07. The first-order valence-electron chi connectivity index (χ1n) is 5.65. The molecule has 2 aromatic heterocycles. The van der Waals surface area contributed by atoms with E-state index in [0.717, 1.165) is 17.7 Å². The van der Waals surface area contributed by atoms with Crippen LogP contribution in [0.3, 0.4) is 0 Å². The van der Waals surface area contributed by atoms with E-state index in [9.17, 15) is 4.79 Å². The summed E-state index contributed by atoms with van der Waals surface area (Å²) in [5.74, 6) is 0.780. The summed E-state index contributed by atoms with van der Waals surface area (Å²) in [6.45, 7) is 2.04. The van der Waals surface area contributed by atoms with Crippen molar-refractivity contribution >= 4 is 11.9 Å². The van der Waals surface area contributed by atoms with Gasteiger partial charge in [0.2, 0.25) is 0 Å². The van der Waals surface area contributed by atoms with E-state index >= 15 is 0 Å². The Hall–Kier alpha value is -2.49.